The molecule has 0 amide bonds. The fourth-order valence-electron chi connectivity index (χ4n) is 0.985. The molecular weight excluding hydrogens is 133 g/mol. The molecule has 0 unspecified atom stereocenters. The van der Waals surface area contributed by atoms with E-state index in [4.69, 9.17) is 0 Å². The van der Waals surface area contributed by atoms with Crippen molar-refractivity contribution in [3.05, 3.63) is 0 Å². The smallest absolute Gasteiger partial charge is 0.107 e. The molecule has 0 bridgehead atoms. The van der Waals surface area contributed by atoms with Gasteiger partial charge in [0.25, 0.3) is 0 Å². The molecule has 3 heteroatoms. The van der Waals surface area contributed by atoms with Crippen molar-refractivity contribution in [2.24, 2.45) is 0 Å². The van der Waals surface area contributed by atoms with Gasteiger partial charge in [0.05, 0.1) is 0 Å². The molecule has 0 radical (unpaired) electrons. The highest BCUT2D eigenvalue weighted by molar-refractivity contribution is 7.38. The molecule has 1 aliphatic heterocycles. The van der Waals surface area contributed by atoms with Crippen LogP contribution in [0.3, 0.4) is 0 Å². The maximum atomic E-state index is 9.57. The summed E-state index contributed by atoms with van der Waals surface area (Å²) in [7, 11) is 0.870. The lowest BCUT2D eigenvalue weighted by atomic mass is 10.1. The van der Waals surface area contributed by atoms with Crippen LogP contribution >= 0.6 is 8.20 Å². The topological polar surface area (TPSA) is 32.3 Å². The Labute approximate surface area is 57.1 Å². The molecule has 1 heterocycles. The van der Waals surface area contributed by atoms with Gasteiger partial charge in [0.1, 0.15) is 5.34 Å². The van der Waals surface area contributed by atoms with E-state index in [1.54, 1.807) is 0 Å². The molecule has 0 atom stereocenters. The third kappa shape index (κ3) is 1.75. The Balaban J connectivity index is 2.46. The minimum absolute atomic E-state index is 0.481. The lowest BCUT2D eigenvalue weighted by molar-refractivity contribution is 0.100. The van der Waals surface area contributed by atoms with Crippen LogP contribution in [-0.4, -0.2) is 29.8 Å². The van der Waals surface area contributed by atoms with Crippen molar-refractivity contribution in [1.29, 1.82) is 0 Å². The Kier molecular flexibility index (Phi) is 2.23. The summed E-state index contributed by atoms with van der Waals surface area (Å²) in [4.78, 5) is 0. The zero-order valence-electron chi connectivity index (χ0n) is 5.43. The van der Waals surface area contributed by atoms with Gasteiger partial charge in [-0.15, -0.1) is 0 Å². The van der Waals surface area contributed by atoms with Gasteiger partial charge in [-0.3, -0.25) is 0 Å². The van der Waals surface area contributed by atoms with Gasteiger partial charge in [0.2, 0.25) is 0 Å². The summed E-state index contributed by atoms with van der Waals surface area (Å²) in [6.45, 7) is 1.86. The number of nitrogens with one attached hydrogen (secondary N) is 1. The first kappa shape index (κ1) is 7.20. The summed E-state index contributed by atoms with van der Waals surface area (Å²) in [5.74, 6) is 0. The Morgan fingerprint density at radius 2 is 2.00 bits per heavy atom. The summed E-state index contributed by atoms with van der Waals surface area (Å²) in [5.41, 5.74) is 0. The lowest BCUT2D eigenvalue weighted by Crippen LogP contribution is -2.37. The molecule has 52 valence electrons. The minimum atomic E-state index is -0.481. The molecule has 2 nitrogen and oxygen atoms in total. The van der Waals surface area contributed by atoms with Gasteiger partial charge in [-0.1, -0.05) is 14.5 Å². The summed E-state index contributed by atoms with van der Waals surface area (Å²) in [5, 5.41) is 12.3. The Bertz CT molecular complexity index is 110. The second kappa shape index (κ2) is 2.78. The van der Waals surface area contributed by atoms with Crippen LogP contribution in [0.4, 0.5) is 0 Å². The van der Waals surface area contributed by atoms with E-state index >= 15 is 0 Å². The Morgan fingerprint density at radius 1 is 1.44 bits per heavy atom. The van der Waals surface area contributed by atoms with Crippen LogP contribution in [0.25, 0.3) is 0 Å². The van der Waals surface area contributed by atoms with Crippen LogP contribution in [0, 0.1) is 0 Å². The minimum Gasteiger partial charge on any atom is -0.381 e. The van der Waals surface area contributed by atoms with E-state index in [-0.39, 0.29) is 0 Å². The van der Waals surface area contributed by atoms with Crippen LogP contribution in [0.1, 0.15) is 12.8 Å². The predicted molar refractivity (Wildman–Crippen MR) is 41.1 cm³/mol. The van der Waals surface area contributed by atoms with Gasteiger partial charge >= 0.3 is 0 Å². The average molecular weight is 145 g/mol. The van der Waals surface area contributed by atoms with Crippen molar-refractivity contribution in [1.82, 2.24) is 5.32 Å². The number of hydrogen-bond acceptors (Lipinski definition) is 2. The molecule has 0 aliphatic carbocycles. The molecule has 1 rings (SSSR count). The Hall–Kier alpha value is 0.0900. The van der Waals surface area contributed by atoms with Crippen molar-refractivity contribution in [3.63, 3.8) is 0 Å². The van der Waals surface area contributed by atoms with Crippen LogP contribution < -0.4 is 5.32 Å². The van der Waals surface area contributed by atoms with Crippen LogP contribution in [0.5, 0.6) is 0 Å². The fourth-order valence-corrected chi connectivity index (χ4v) is 1.53. The maximum absolute atomic E-state index is 9.57. The van der Waals surface area contributed by atoms with Gasteiger partial charge in [-0.25, -0.2) is 0 Å². The van der Waals surface area contributed by atoms with Gasteiger partial charge in [-0.2, -0.15) is 0 Å². The molecule has 0 spiro atoms. The highest BCUT2D eigenvalue weighted by atomic mass is 31.1. The van der Waals surface area contributed by atoms with Crippen molar-refractivity contribution in [2.45, 2.75) is 18.2 Å². The third-order valence-corrected chi connectivity index (χ3v) is 2.73. The SMILES string of the molecule is C=PC1(O)CCNCC1. The Morgan fingerprint density at radius 3 is 2.33 bits per heavy atom. The highest BCUT2D eigenvalue weighted by Gasteiger charge is 2.25. The number of rotatable bonds is 1. The summed E-state index contributed by atoms with van der Waals surface area (Å²) < 4.78 is 0. The van der Waals surface area contributed by atoms with Gasteiger partial charge in [0.15, 0.2) is 0 Å². The van der Waals surface area contributed by atoms with Crippen molar-refractivity contribution >= 4 is 14.5 Å². The number of piperidine rings is 1. The van der Waals surface area contributed by atoms with E-state index in [0.29, 0.717) is 0 Å². The first-order chi connectivity index (χ1) is 4.27. The molecule has 0 aromatic rings. The van der Waals surface area contributed by atoms with Gasteiger partial charge in [0, 0.05) is 0 Å². The van der Waals surface area contributed by atoms with Crippen LogP contribution in [-0.2, 0) is 0 Å². The highest BCUT2D eigenvalue weighted by Crippen LogP contribution is 2.28. The molecule has 0 aromatic carbocycles. The van der Waals surface area contributed by atoms with Crippen molar-refractivity contribution in [2.75, 3.05) is 13.1 Å². The van der Waals surface area contributed by atoms with E-state index in [9.17, 15) is 5.11 Å². The van der Waals surface area contributed by atoms with Crippen molar-refractivity contribution in [3.8, 4) is 0 Å². The average Bonchev–Trinajstić information content (AvgIpc) is 1.90. The molecule has 1 aliphatic rings. The van der Waals surface area contributed by atoms with E-state index in [0.717, 1.165) is 34.1 Å². The van der Waals surface area contributed by atoms with E-state index in [1.807, 2.05) is 0 Å². The zero-order chi connectivity index (χ0) is 6.74. The van der Waals surface area contributed by atoms with E-state index in [1.165, 1.54) is 0 Å². The number of aliphatic hydroxyl groups is 1. The molecule has 9 heavy (non-hydrogen) atoms. The van der Waals surface area contributed by atoms with E-state index < -0.39 is 5.34 Å². The van der Waals surface area contributed by atoms with Crippen LogP contribution in [0.15, 0.2) is 0 Å². The zero-order valence-corrected chi connectivity index (χ0v) is 6.32. The molecule has 2 N–H and O–H groups in total. The predicted octanol–water partition coefficient (Wildman–Crippen LogP) is 0.437. The normalized spacial score (nSPS) is 26.3. The second-order valence-corrected chi connectivity index (χ2v) is 3.54. The first-order valence-electron chi connectivity index (χ1n) is 3.18. The molecule has 0 saturated carbocycles. The quantitative estimate of drug-likeness (QED) is 0.524. The summed E-state index contributed by atoms with van der Waals surface area (Å²) in [6, 6.07) is 0. The first-order valence-corrected chi connectivity index (χ1v) is 4.26. The molecular formula is C6H12NOP. The largest absolute Gasteiger partial charge is 0.381 e. The monoisotopic (exact) mass is 145 g/mol. The summed E-state index contributed by atoms with van der Waals surface area (Å²) >= 11 is 0. The molecule has 0 aromatic heterocycles. The summed E-state index contributed by atoms with van der Waals surface area (Å²) in [6.07, 6.45) is 5.37. The second-order valence-electron chi connectivity index (χ2n) is 2.39. The third-order valence-electron chi connectivity index (χ3n) is 1.70. The fraction of sp³-hybridized carbons (Fsp3) is 0.833. The van der Waals surface area contributed by atoms with Crippen molar-refractivity contribution < 1.29 is 5.11 Å². The lowest BCUT2D eigenvalue weighted by Gasteiger charge is -2.28. The maximum Gasteiger partial charge on any atom is 0.107 e. The van der Waals surface area contributed by atoms with Crippen LogP contribution in [0.2, 0.25) is 0 Å². The van der Waals surface area contributed by atoms with E-state index in [2.05, 4.69) is 11.6 Å². The molecule has 1 fully saturated rings. The van der Waals surface area contributed by atoms with Gasteiger partial charge < -0.3 is 10.4 Å². The van der Waals surface area contributed by atoms with Gasteiger partial charge in [-0.05, 0) is 25.9 Å². The molecule has 1 saturated heterocycles. The number of hydrogen-bond donors (Lipinski definition) is 2. The standard InChI is InChI=1S/C6H12NOP/c1-9-6(8)2-4-7-5-3-6/h7-8H,1-5H2.